The zero-order valence-corrected chi connectivity index (χ0v) is 12.1. The number of carbonyl (C=O) groups is 3. The summed E-state index contributed by atoms with van der Waals surface area (Å²) in [5, 5.41) is 16.2. The molecule has 0 radical (unpaired) electrons. The molecule has 3 amide bonds. The molecule has 0 aliphatic heterocycles. The Hall–Kier alpha value is -1.83. The number of amides is 3. The van der Waals surface area contributed by atoms with Crippen LogP contribution in [0.2, 0.25) is 0 Å². The van der Waals surface area contributed by atoms with Crippen LogP contribution in [0.15, 0.2) is 0 Å². The van der Waals surface area contributed by atoms with E-state index < -0.39 is 24.0 Å². The lowest BCUT2D eigenvalue weighted by atomic mass is 10.1. The summed E-state index contributed by atoms with van der Waals surface area (Å²) in [6, 6.07) is -1.18. The van der Waals surface area contributed by atoms with Gasteiger partial charge < -0.3 is 25.8 Å². The molecular formula is C12H23N3O5. The Balaban J connectivity index is 3.84. The second-order valence-corrected chi connectivity index (χ2v) is 4.43. The van der Waals surface area contributed by atoms with Crippen LogP contribution in [0.1, 0.15) is 20.3 Å². The summed E-state index contributed by atoms with van der Waals surface area (Å²) in [7, 11) is 1.53. The number of hydrogen-bond acceptors (Lipinski definition) is 4. The van der Waals surface area contributed by atoms with Crippen LogP contribution in [0.5, 0.6) is 0 Å². The van der Waals surface area contributed by atoms with Gasteiger partial charge in [-0.15, -0.1) is 0 Å². The fraction of sp³-hybridized carbons (Fsp3) is 0.750. The quantitative estimate of drug-likeness (QED) is 0.429. The van der Waals surface area contributed by atoms with E-state index in [9.17, 15) is 14.4 Å². The van der Waals surface area contributed by atoms with Crippen LogP contribution >= 0.6 is 0 Å². The van der Waals surface area contributed by atoms with Gasteiger partial charge in [0, 0.05) is 20.2 Å². The molecular weight excluding hydrogens is 266 g/mol. The van der Waals surface area contributed by atoms with Crippen LogP contribution in [0.4, 0.5) is 4.79 Å². The maximum absolute atomic E-state index is 11.5. The summed E-state index contributed by atoms with van der Waals surface area (Å²) in [6.45, 7) is 4.13. The highest BCUT2D eigenvalue weighted by molar-refractivity contribution is 5.86. The molecule has 0 spiro atoms. The van der Waals surface area contributed by atoms with Gasteiger partial charge in [-0.3, -0.25) is 9.59 Å². The normalized spacial score (nSPS) is 13.2. The lowest BCUT2D eigenvalue weighted by Crippen LogP contribution is -2.49. The standard InChI is InChI=1S/C12H23N3O5/c1-8(11(17)18)4-5-14-12(19)15-9(2)10(16)13-6-7-20-3/h8-9H,4-7H2,1-3H3,(H,13,16)(H,17,18)(H2,14,15,19). The Morgan fingerprint density at radius 3 is 2.35 bits per heavy atom. The molecule has 0 saturated carbocycles. The Bertz CT molecular complexity index is 335. The van der Waals surface area contributed by atoms with E-state index in [1.165, 1.54) is 7.11 Å². The maximum Gasteiger partial charge on any atom is 0.315 e. The molecule has 0 aromatic heterocycles. The minimum Gasteiger partial charge on any atom is -0.481 e. The minimum atomic E-state index is -0.905. The van der Waals surface area contributed by atoms with Gasteiger partial charge >= 0.3 is 12.0 Å². The fourth-order valence-electron chi connectivity index (χ4n) is 1.27. The number of aliphatic carboxylic acids is 1. The van der Waals surface area contributed by atoms with E-state index in [1.54, 1.807) is 13.8 Å². The van der Waals surface area contributed by atoms with E-state index in [0.29, 0.717) is 19.6 Å². The van der Waals surface area contributed by atoms with E-state index >= 15 is 0 Å². The molecule has 2 atom stereocenters. The first kappa shape index (κ1) is 18.2. The van der Waals surface area contributed by atoms with Gasteiger partial charge in [0.15, 0.2) is 0 Å². The molecule has 0 saturated heterocycles. The second-order valence-electron chi connectivity index (χ2n) is 4.43. The third kappa shape index (κ3) is 8.30. The van der Waals surface area contributed by atoms with Gasteiger partial charge in [0.05, 0.1) is 12.5 Å². The zero-order valence-electron chi connectivity index (χ0n) is 12.1. The van der Waals surface area contributed by atoms with Crippen LogP contribution in [0.3, 0.4) is 0 Å². The summed E-state index contributed by atoms with van der Waals surface area (Å²) < 4.78 is 4.79. The molecule has 2 unspecified atom stereocenters. The number of carboxylic acids is 1. The molecule has 8 nitrogen and oxygen atoms in total. The largest absolute Gasteiger partial charge is 0.481 e. The predicted octanol–water partition coefficient (Wildman–Crippen LogP) is -0.452. The van der Waals surface area contributed by atoms with Gasteiger partial charge in [-0.2, -0.15) is 0 Å². The highest BCUT2D eigenvalue weighted by Gasteiger charge is 2.15. The van der Waals surface area contributed by atoms with Crippen LogP contribution in [-0.4, -0.2) is 55.9 Å². The summed E-state index contributed by atoms with van der Waals surface area (Å²) in [6.07, 6.45) is 0.331. The number of rotatable bonds is 9. The molecule has 0 aliphatic carbocycles. The van der Waals surface area contributed by atoms with E-state index in [1.807, 2.05) is 0 Å². The SMILES string of the molecule is COCCNC(=O)C(C)NC(=O)NCCC(C)C(=O)O. The highest BCUT2D eigenvalue weighted by atomic mass is 16.5. The molecule has 0 aromatic carbocycles. The van der Waals surface area contributed by atoms with Crippen molar-refractivity contribution in [1.29, 1.82) is 0 Å². The minimum absolute atomic E-state index is 0.233. The van der Waals surface area contributed by atoms with Crippen molar-refractivity contribution >= 4 is 17.9 Å². The average molecular weight is 289 g/mol. The topological polar surface area (TPSA) is 117 Å². The number of hydrogen-bond donors (Lipinski definition) is 4. The first-order valence-electron chi connectivity index (χ1n) is 6.42. The molecule has 20 heavy (non-hydrogen) atoms. The van der Waals surface area contributed by atoms with Crippen molar-refractivity contribution < 1.29 is 24.2 Å². The number of urea groups is 1. The van der Waals surface area contributed by atoms with Gasteiger partial charge in [0.1, 0.15) is 6.04 Å². The zero-order chi connectivity index (χ0) is 15.5. The lowest BCUT2D eigenvalue weighted by molar-refractivity contribution is -0.141. The van der Waals surface area contributed by atoms with E-state index in [0.717, 1.165) is 0 Å². The summed E-state index contributed by atoms with van der Waals surface area (Å²) in [5.41, 5.74) is 0. The number of carbonyl (C=O) groups excluding carboxylic acids is 2. The van der Waals surface area contributed by atoms with Crippen molar-refractivity contribution in [2.45, 2.75) is 26.3 Å². The monoisotopic (exact) mass is 289 g/mol. The molecule has 0 aliphatic rings. The first-order valence-corrected chi connectivity index (χ1v) is 6.42. The fourth-order valence-corrected chi connectivity index (χ4v) is 1.27. The van der Waals surface area contributed by atoms with E-state index in [4.69, 9.17) is 9.84 Å². The maximum atomic E-state index is 11.5. The summed E-state index contributed by atoms with van der Waals surface area (Å²) in [4.78, 5) is 33.6. The van der Waals surface area contributed by atoms with E-state index in [-0.39, 0.29) is 12.5 Å². The van der Waals surface area contributed by atoms with Crippen molar-refractivity contribution in [1.82, 2.24) is 16.0 Å². The van der Waals surface area contributed by atoms with Gasteiger partial charge in [-0.05, 0) is 13.3 Å². The van der Waals surface area contributed by atoms with Crippen LogP contribution in [-0.2, 0) is 14.3 Å². The predicted molar refractivity (Wildman–Crippen MR) is 72.3 cm³/mol. The van der Waals surface area contributed by atoms with Gasteiger partial charge in [-0.25, -0.2) is 4.79 Å². The van der Waals surface area contributed by atoms with Gasteiger partial charge in [-0.1, -0.05) is 6.92 Å². The molecule has 0 rings (SSSR count). The Labute approximate surface area is 118 Å². The smallest absolute Gasteiger partial charge is 0.315 e. The Kier molecular flexibility index (Phi) is 9.10. The number of methoxy groups -OCH3 is 1. The molecule has 0 aromatic rings. The third-order valence-electron chi connectivity index (χ3n) is 2.63. The number of ether oxygens (including phenoxy) is 1. The van der Waals surface area contributed by atoms with Crippen molar-refractivity contribution in [3.63, 3.8) is 0 Å². The van der Waals surface area contributed by atoms with Crippen LogP contribution in [0.25, 0.3) is 0 Å². The molecule has 4 N–H and O–H groups in total. The molecule has 0 bridgehead atoms. The van der Waals surface area contributed by atoms with Crippen molar-refractivity contribution in [3.8, 4) is 0 Å². The first-order chi connectivity index (χ1) is 9.38. The van der Waals surface area contributed by atoms with Gasteiger partial charge in [0.25, 0.3) is 0 Å². The lowest BCUT2D eigenvalue weighted by Gasteiger charge is -2.15. The molecule has 0 heterocycles. The number of carboxylic acid groups (broad SMARTS) is 1. The van der Waals surface area contributed by atoms with Crippen molar-refractivity contribution in [2.24, 2.45) is 5.92 Å². The Morgan fingerprint density at radius 2 is 1.80 bits per heavy atom. The average Bonchev–Trinajstić information content (AvgIpc) is 2.38. The van der Waals surface area contributed by atoms with E-state index in [2.05, 4.69) is 16.0 Å². The molecule has 8 heteroatoms. The summed E-state index contributed by atoms with van der Waals surface area (Å²) >= 11 is 0. The third-order valence-corrected chi connectivity index (χ3v) is 2.63. The van der Waals surface area contributed by atoms with Crippen LogP contribution in [0, 0.1) is 5.92 Å². The summed E-state index contributed by atoms with van der Waals surface area (Å²) in [5.74, 6) is -1.74. The number of nitrogens with one attached hydrogen (secondary N) is 3. The van der Waals surface area contributed by atoms with Crippen molar-refractivity contribution in [2.75, 3.05) is 26.8 Å². The Morgan fingerprint density at radius 1 is 1.15 bits per heavy atom. The van der Waals surface area contributed by atoms with Crippen molar-refractivity contribution in [3.05, 3.63) is 0 Å². The van der Waals surface area contributed by atoms with Crippen LogP contribution < -0.4 is 16.0 Å². The second kappa shape index (κ2) is 10.0. The van der Waals surface area contributed by atoms with Gasteiger partial charge in [0.2, 0.25) is 5.91 Å². The highest BCUT2D eigenvalue weighted by Crippen LogP contribution is 1.99. The molecule has 0 fully saturated rings. The molecule has 116 valence electrons.